The fourth-order valence-corrected chi connectivity index (χ4v) is 12.1. The van der Waals surface area contributed by atoms with Crippen molar-refractivity contribution in [2.24, 2.45) is 0 Å². The van der Waals surface area contributed by atoms with Crippen molar-refractivity contribution in [3.05, 3.63) is 319 Å². The van der Waals surface area contributed by atoms with Gasteiger partial charge in [-0.15, -0.1) is 0 Å². The first-order valence-electron chi connectivity index (χ1n) is 26.6. The summed E-state index contributed by atoms with van der Waals surface area (Å²) in [5.41, 5.74) is 23.1. The molecule has 0 atom stereocenters. The monoisotopic (exact) mass is 971 g/mol. The van der Waals surface area contributed by atoms with E-state index < -0.39 is 5.41 Å². The van der Waals surface area contributed by atoms with E-state index in [1.165, 1.54) is 77.5 Å². The summed E-state index contributed by atoms with van der Waals surface area (Å²) < 4.78 is 0. The first-order valence-corrected chi connectivity index (χ1v) is 26.6. The molecule has 0 N–H and O–H groups in total. The summed E-state index contributed by atoms with van der Waals surface area (Å²) in [4.78, 5) is 2.61. The Balaban J connectivity index is 1.18. The molecule has 0 amide bonds. The standard InChI is InChI=1S/C75H57N/c1-74(2,3)58-44-41-52(42-45-58)57-49-66(54-27-11-5-12-28-54)73(67(50-57)55-29-13-6-14-30-55)76(71-48-43-56-31-19-20-37-63(56)72(71)65-39-22-21-36-62(65)53-25-9-4-10-26-53)61-46-47-70-68(51-61)64-38-23-24-40-69(64)75(70,59-32-15-7-16-33-59)60-34-17-8-18-35-60/h4-51H,1-3H3. The molecule has 0 aliphatic heterocycles. The number of nitrogens with zero attached hydrogens (tertiary/aromatic N) is 1. The molecule has 1 aliphatic rings. The highest BCUT2D eigenvalue weighted by atomic mass is 15.2. The molecule has 0 fully saturated rings. The highest BCUT2D eigenvalue weighted by Crippen LogP contribution is 2.59. The molecule has 1 nitrogen and oxygen atoms in total. The van der Waals surface area contributed by atoms with E-state index in [2.05, 4.69) is 317 Å². The summed E-state index contributed by atoms with van der Waals surface area (Å²) in [5.74, 6) is 0. The Morgan fingerprint density at radius 3 is 1.37 bits per heavy atom. The van der Waals surface area contributed by atoms with Gasteiger partial charge >= 0.3 is 0 Å². The van der Waals surface area contributed by atoms with Crippen molar-refractivity contribution in [1.29, 1.82) is 0 Å². The normalized spacial score (nSPS) is 12.5. The number of anilines is 3. The summed E-state index contributed by atoms with van der Waals surface area (Å²) in [6, 6.07) is 108. The van der Waals surface area contributed by atoms with Gasteiger partial charge < -0.3 is 4.90 Å². The van der Waals surface area contributed by atoms with E-state index in [0.717, 1.165) is 44.9 Å². The third kappa shape index (κ3) is 7.95. The first kappa shape index (κ1) is 46.5. The van der Waals surface area contributed by atoms with Crippen LogP contribution in [0.1, 0.15) is 48.6 Å². The number of hydrogen-bond donors (Lipinski definition) is 0. The van der Waals surface area contributed by atoms with Gasteiger partial charge in [0.15, 0.2) is 0 Å². The topological polar surface area (TPSA) is 3.24 Å². The molecule has 0 radical (unpaired) electrons. The number of hydrogen-bond acceptors (Lipinski definition) is 1. The van der Waals surface area contributed by atoms with Crippen molar-refractivity contribution in [3.63, 3.8) is 0 Å². The van der Waals surface area contributed by atoms with Gasteiger partial charge in [-0.2, -0.15) is 0 Å². The van der Waals surface area contributed by atoms with Crippen LogP contribution >= 0.6 is 0 Å². The lowest BCUT2D eigenvalue weighted by Crippen LogP contribution is -2.28. The lowest BCUT2D eigenvalue weighted by atomic mass is 9.68. The minimum atomic E-state index is -0.547. The third-order valence-corrected chi connectivity index (χ3v) is 15.7. The molecule has 1 aliphatic carbocycles. The van der Waals surface area contributed by atoms with Crippen LogP contribution in [0.25, 0.3) is 77.5 Å². The van der Waals surface area contributed by atoms with E-state index in [-0.39, 0.29) is 5.41 Å². The van der Waals surface area contributed by atoms with Crippen molar-refractivity contribution >= 4 is 27.8 Å². The average molecular weight is 972 g/mol. The molecular weight excluding hydrogens is 915 g/mol. The maximum Gasteiger partial charge on any atom is 0.0713 e. The molecule has 76 heavy (non-hydrogen) atoms. The zero-order chi connectivity index (χ0) is 51.2. The van der Waals surface area contributed by atoms with E-state index in [1.54, 1.807) is 0 Å². The Hall–Kier alpha value is -9.30. The quantitative estimate of drug-likeness (QED) is 0.132. The Morgan fingerprint density at radius 2 is 0.789 bits per heavy atom. The number of fused-ring (bicyclic) bond motifs is 4. The van der Waals surface area contributed by atoms with E-state index in [4.69, 9.17) is 0 Å². The van der Waals surface area contributed by atoms with Crippen molar-refractivity contribution in [2.75, 3.05) is 4.90 Å². The van der Waals surface area contributed by atoms with Crippen LogP contribution in [0, 0.1) is 0 Å². The summed E-state index contributed by atoms with van der Waals surface area (Å²) in [6.45, 7) is 6.85. The third-order valence-electron chi connectivity index (χ3n) is 15.7. The van der Waals surface area contributed by atoms with E-state index >= 15 is 0 Å². The van der Waals surface area contributed by atoms with E-state index in [1.807, 2.05) is 0 Å². The Labute approximate surface area is 447 Å². The molecule has 12 aromatic rings. The van der Waals surface area contributed by atoms with Crippen LogP contribution in [0.5, 0.6) is 0 Å². The molecule has 12 aromatic carbocycles. The fraction of sp³-hybridized carbons (Fsp3) is 0.0667. The molecule has 0 spiro atoms. The SMILES string of the molecule is CC(C)(C)c1ccc(-c2cc(-c3ccccc3)c(N(c3ccc4c(c3)-c3ccccc3C4(c3ccccc3)c3ccccc3)c3ccc4ccccc4c3-c3ccccc3-c3ccccc3)c(-c3ccccc3)c2)cc1. The summed E-state index contributed by atoms with van der Waals surface area (Å²) in [7, 11) is 0. The zero-order valence-corrected chi connectivity index (χ0v) is 43.2. The van der Waals surface area contributed by atoms with Crippen molar-refractivity contribution < 1.29 is 0 Å². The van der Waals surface area contributed by atoms with E-state index in [0.29, 0.717) is 0 Å². The van der Waals surface area contributed by atoms with Crippen LogP contribution in [0.4, 0.5) is 17.1 Å². The highest BCUT2D eigenvalue weighted by molar-refractivity contribution is 6.11. The second-order valence-electron chi connectivity index (χ2n) is 21.2. The average Bonchev–Trinajstić information content (AvgIpc) is 3.86. The first-order chi connectivity index (χ1) is 37.4. The highest BCUT2D eigenvalue weighted by Gasteiger charge is 2.46. The summed E-state index contributed by atoms with van der Waals surface area (Å²) >= 11 is 0. The molecule has 0 bridgehead atoms. The van der Waals surface area contributed by atoms with Gasteiger partial charge in [0.2, 0.25) is 0 Å². The number of rotatable bonds is 10. The van der Waals surface area contributed by atoms with Crippen molar-refractivity contribution in [1.82, 2.24) is 0 Å². The molecule has 362 valence electrons. The van der Waals surface area contributed by atoms with Crippen LogP contribution in [0.3, 0.4) is 0 Å². The molecule has 13 rings (SSSR count). The lowest BCUT2D eigenvalue weighted by molar-refractivity contribution is 0.590. The molecule has 0 saturated heterocycles. The second-order valence-corrected chi connectivity index (χ2v) is 21.2. The Morgan fingerprint density at radius 1 is 0.316 bits per heavy atom. The predicted octanol–water partition coefficient (Wildman–Crippen LogP) is 20.3. The van der Waals surface area contributed by atoms with E-state index in [9.17, 15) is 0 Å². The summed E-state index contributed by atoms with van der Waals surface area (Å²) in [5, 5.41) is 2.37. The van der Waals surface area contributed by atoms with Crippen LogP contribution in [0.15, 0.2) is 291 Å². The van der Waals surface area contributed by atoms with Crippen LogP contribution in [-0.4, -0.2) is 0 Å². The molecule has 0 saturated carbocycles. The van der Waals surface area contributed by atoms with Crippen LogP contribution < -0.4 is 4.90 Å². The van der Waals surface area contributed by atoms with Gasteiger partial charge in [-0.3, -0.25) is 0 Å². The Kier molecular flexibility index (Phi) is 11.7. The summed E-state index contributed by atoms with van der Waals surface area (Å²) in [6.07, 6.45) is 0. The molecule has 0 aromatic heterocycles. The second kappa shape index (κ2) is 19.2. The Bertz CT molecular complexity index is 3940. The fourth-order valence-electron chi connectivity index (χ4n) is 12.1. The minimum absolute atomic E-state index is 0.0300. The molecule has 0 unspecified atom stereocenters. The zero-order valence-electron chi connectivity index (χ0n) is 43.2. The predicted molar refractivity (Wildman–Crippen MR) is 322 cm³/mol. The van der Waals surface area contributed by atoms with Gasteiger partial charge in [0.05, 0.1) is 16.8 Å². The van der Waals surface area contributed by atoms with Crippen LogP contribution in [-0.2, 0) is 10.8 Å². The molecule has 1 heteroatoms. The maximum atomic E-state index is 2.61. The van der Waals surface area contributed by atoms with Gasteiger partial charge in [0.1, 0.15) is 0 Å². The number of benzene rings is 12. The minimum Gasteiger partial charge on any atom is -0.309 e. The van der Waals surface area contributed by atoms with Crippen LogP contribution in [0.2, 0.25) is 0 Å². The molecule has 0 heterocycles. The van der Waals surface area contributed by atoms with Crippen molar-refractivity contribution in [3.8, 4) is 66.8 Å². The van der Waals surface area contributed by atoms with Gasteiger partial charge in [-0.1, -0.05) is 282 Å². The lowest BCUT2D eigenvalue weighted by Gasteiger charge is -2.35. The smallest absolute Gasteiger partial charge is 0.0713 e. The van der Waals surface area contributed by atoms with Gasteiger partial charge in [0, 0.05) is 22.4 Å². The maximum absolute atomic E-state index is 2.61. The van der Waals surface area contributed by atoms with Gasteiger partial charge in [0.25, 0.3) is 0 Å². The largest absolute Gasteiger partial charge is 0.309 e. The van der Waals surface area contributed by atoms with Gasteiger partial charge in [-0.05, 0) is 124 Å². The van der Waals surface area contributed by atoms with Gasteiger partial charge in [-0.25, -0.2) is 0 Å². The van der Waals surface area contributed by atoms with Crippen molar-refractivity contribution in [2.45, 2.75) is 31.6 Å². The molecular formula is C75H57N.